The maximum Gasteiger partial charge on any atom is 0.273 e. The Morgan fingerprint density at radius 1 is 1.39 bits per heavy atom. The second-order valence-corrected chi connectivity index (χ2v) is 6.08. The number of rotatable bonds is 7. The Labute approximate surface area is 138 Å². The minimum absolute atomic E-state index is 0.198. The number of nitrogens with one attached hydrogen (secondary N) is 1. The van der Waals surface area contributed by atoms with Gasteiger partial charge in [0.2, 0.25) is 5.89 Å². The van der Waals surface area contributed by atoms with Crippen molar-refractivity contribution in [3.8, 4) is 0 Å². The summed E-state index contributed by atoms with van der Waals surface area (Å²) in [5, 5.41) is 2.84. The van der Waals surface area contributed by atoms with Gasteiger partial charge in [-0.15, -0.1) is 0 Å². The molecule has 2 aromatic heterocycles. The minimum atomic E-state index is -0.198. The molecule has 3 rings (SSSR count). The van der Waals surface area contributed by atoms with Gasteiger partial charge in [-0.05, 0) is 30.6 Å². The van der Waals surface area contributed by atoms with Crippen LogP contribution < -0.4 is 5.32 Å². The molecule has 0 aliphatic rings. The summed E-state index contributed by atoms with van der Waals surface area (Å²) < 4.78 is 7.36. The molecule has 0 aliphatic carbocycles. The van der Waals surface area contributed by atoms with Gasteiger partial charge in [0, 0.05) is 6.54 Å². The first-order valence-corrected chi connectivity index (χ1v) is 8.78. The highest BCUT2D eigenvalue weighted by atomic mass is 32.2. The molecule has 0 fully saturated rings. The number of fused-ring (bicyclic) bond motifs is 1. The molecular weight excluding hydrogens is 312 g/mol. The Hall–Kier alpha value is -2.28. The molecule has 6 nitrogen and oxygen atoms in total. The summed E-state index contributed by atoms with van der Waals surface area (Å²) >= 11 is 1.76. The molecule has 1 aromatic carbocycles. The average Bonchev–Trinajstić information content (AvgIpc) is 3.20. The van der Waals surface area contributed by atoms with Crippen molar-refractivity contribution in [1.29, 1.82) is 0 Å². The van der Waals surface area contributed by atoms with Crippen molar-refractivity contribution < 1.29 is 9.21 Å². The van der Waals surface area contributed by atoms with E-state index in [1.54, 1.807) is 18.1 Å². The van der Waals surface area contributed by atoms with Gasteiger partial charge in [0.05, 0.1) is 17.4 Å². The van der Waals surface area contributed by atoms with Gasteiger partial charge in [0.25, 0.3) is 5.91 Å². The Morgan fingerprint density at radius 3 is 3.13 bits per heavy atom. The topological polar surface area (TPSA) is 73.0 Å². The van der Waals surface area contributed by atoms with Gasteiger partial charge < -0.3 is 14.3 Å². The highest BCUT2D eigenvalue weighted by Gasteiger charge is 2.12. The molecule has 23 heavy (non-hydrogen) atoms. The number of carbonyl (C=O) groups is 1. The van der Waals surface area contributed by atoms with Crippen LogP contribution in [0.4, 0.5) is 0 Å². The molecule has 0 aliphatic heterocycles. The normalized spacial score (nSPS) is 11.0. The molecule has 1 N–H and O–H groups in total. The molecule has 7 heteroatoms. The third-order valence-corrected chi connectivity index (χ3v) is 4.13. The molecule has 1 amide bonds. The Bertz CT molecular complexity index is 796. The molecule has 0 atom stereocenters. The number of aromatic nitrogens is 3. The van der Waals surface area contributed by atoms with Crippen molar-refractivity contribution in [3.63, 3.8) is 0 Å². The van der Waals surface area contributed by atoms with Crippen molar-refractivity contribution in [2.24, 2.45) is 0 Å². The Balaban J connectivity index is 1.64. The molecule has 0 saturated carbocycles. The van der Waals surface area contributed by atoms with Crippen LogP contribution in [0.5, 0.6) is 0 Å². The predicted octanol–water partition coefficient (Wildman–Crippen LogP) is 2.56. The van der Waals surface area contributed by atoms with Gasteiger partial charge >= 0.3 is 0 Å². The first-order chi connectivity index (χ1) is 11.3. The number of hydrogen-bond acceptors (Lipinski definition) is 5. The molecule has 120 valence electrons. The van der Waals surface area contributed by atoms with Crippen molar-refractivity contribution >= 4 is 28.7 Å². The fraction of sp³-hybridized carbons (Fsp3) is 0.312. The Morgan fingerprint density at radius 2 is 2.26 bits per heavy atom. The van der Waals surface area contributed by atoms with E-state index in [0.29, 0.717) is 24.7 Å². The average molecular weight is 330 g/mol. The minimum Gasteiger partial charge on any atom is -0.446 e. The fourth-order valence-corrected chi connectivity index (χ4v) is 2.71. The second kappa shape index (κ2) is 7.32. The van der Waals surface area contributed by atoms with E-state index in [1.165, 1.54) is 6.26 Å². The van der Waals surface area contributed by atoms with Gasteiger partial charge in [-0.3, -0.25) is 4.79 Å². The summed E-state index contributed by atoms with van der Waals surface area (Å²) in [5.41, 5.74) is 2.24. The lowest BCUT2D eigenvalue weighted by atomic mass is 10.3. The highest BCUT2D eigenvalue weighted by Crippen LogP contribution is 2.14. The first kappa shape index (κ1) is 15.6. The predicted molar refractivity (Wildman–Crippen MR) is 90.7 cm³/mol. The third-order valence-electron chi connectivity index (χ3n) is 3.43. The van der Waals surface area contributed by atoms with Gasteiger partial charge in [-0.1, -0.05) is 12.1 Å². The van der Waals surface area contributed by atoms with Gasteiger partial charge in [-0.25, -0.2) is 9.97 Å². The molecule has 0 spiro atoms. The number of para-hydroxylation sites is 2. The summed E-state index contributed by atoms with van der Waals surface area (Å²) in [6.45, 7) is 1.09. The van der Waals surface area contributed by atoms with Crippen molar-refractivity contribution in [1.82, 2.24) is 19.9 Å². The summed E-state index contributed by atoms with van der Waals surface area (Å²) in [4.78, 5) is 20.6. The van der Waals surface area contributed by atoms with E-state index >= 15 is 0 Å². The van der Waals surface area contributed by atoms with Crippen LogP contribution >= 0.6 is 11.8 Å². The smallest absolute Gasteiger partial charge is 0.273 e. The number of carbonyl (C=O) groups excluding carboxylic acids is 1. The van der Waals surface area contributed by atoms with Crippen LogP contribution in [0.3, 0.4) is 0 Å². The zero-order valence-corrected chi connectivity index (χ0v) is 13.7. The number of oxazole rings is 1. The largest absolute Gasteiger partial charge is 0.446 e. The fourth-order valence-electron chi connectivity index (χ4n) is 2.28. The van der Waals surface area contributed by atoms with Crippen LogP contribution in [-0.2, 0) is 6.54 Å². The van der Waals surface area contributed by atoms with Crippen molar-refractivity contribution in [3.05, 3.63) is 48.4 Å². The monoisotopic (exact) mass is 330 g/mol. The first-order valence-electron chi connectivity index (χ1n) is 7.39. The molecule has 2 heterocycles. The highest BCUT2D eigenvalue weighted by molar-refractivity contribution is 7.98. The van der Waals surface area contributed by atoms with Crippen LogP contribution in [0.15, 0.2) is 41.3 Å². The van der Waals surface area contributed by atoms with E-state index in [2.05, 4.69) is 15.3 Å². The quantitative estimate of drug-likeness (QED) is 0.674. The summed E-state index contributed by atoms with van der Waals surface area (Å²) in [6.07, 6.45) is 6.14. The summed E-state index contributed by atoms with van der Waals surface area (Å²) in [5.74, 6) is 1.32. The molecule has 0 bridgehead atoms. The second-order valence-electron chi connectivity index (χ2n) is 5.09. The number of nitrogens with zero attached hydrogens (tertiary/aromatic N) is 3. The third kappa shape index (κ3) is 3.73. The SMILES string of the molecule is CSCCCNC(=O)c1coc(Cn2cnc3ccccc32)n1. The van der Waals surface area contributed by atoms with E-state index in [1.807, 2.05) is 35.1 Å². The molecule has 0 unspecified atom stereocenters. The summed E-state index contributed by atoms with van der Waals surface area (Å²) in [7, 11) is 0. The lowest BCUT2D eigenvalue weighted by Crippen LogP contribution is -2.25. The van der Waals surface area contributed by atoms with Crippen LogP contribution in [-0.4, -0.2) is 39.0 Å². The Kier molecular flexibility index (Phi) is 4.97. The number of amides is 1. The lowest BCUT2D eigenvalue weighted by molar-refractivity contribution is 0.0948. The van der Waals surface area contributed by atoms with Crippen molar-refractivity contribution in [2.45, 2.75) is 13.0 Å². The van der Waals surface area contributed by atoms with E-state index in [9.17, 15) is 4.79 Å². The van der Waals surface area contributed by atoms with E-state index in [0.717, 1.165) is 23.2 Å². The van der Waals surface area contributed by atoms with E-state index in [-0.39, 0.29) is 5.91 Å². The van der Waals surface area contributed by atoms with Crippen LogP contribution in [0.25, 0.3) is 11.0 Å². The summed E-state index contributed by atoms with van der Waals surface area (Å²) in [6, 6.07) is 7.85. The van der Waals surface area contributed by atoms with E-state index < -0.39 is 0 Å². The maximum atomic E-state index is 12.0. The van der Waals surface area contributed by atoms with Gasteiger partial charge in [0.15, 0.2) is 5.69 Å². The van der Waals surface area contributed by atoms with Gasteiger partial charge in [-0.2, -0.15) is 11.8 Å². The van der Waals surface area contributed by atoms with Gasteiger partial charge in [0.1, 0.15) is 12.8 Å². The molecule has 0 radical (unpaired) electrons. The van der Waals surface area contributed by atoms with Crippen LogP contribution in [0.1, 0.15) is 22.8 Å². The molecular formula is C16H18N4O2S. The number of imidazole rings is 1. The lowest BCUT2D eigenvalue weighted by Gasteiger charge is -2.01. The zero-order valence-electron chi connectivity index (χ0n) is 12.9. The zero-order chi connectivity index (χ0) is 16.1. The maximum absolute atomic E-state index is 12.0. The number of thioether (sulfide) groups is 1. The number of hydrogen-bond donors (Lipinski definition) is 1. The standard InChI is InChI=1S/C16H18N4O2S/c1-23-8-4-7-17-16(21)13-10-22-15(19-13)9-20-11-18-12-5-2-3-6-14(12)20/h2-3,5-6,10-11H,4,7-9H2,1H3,(H,17,21). The van der Waals surface area contributed by atoms with Crippen LogP contribution in [0.2, 0.25) is 0 Å². The van der Waals surface area contributed by atoms with Crippen LogP contribution in [0, 0.1) is 0 Å². The number of benzene rings is 1. The molecule has 0 saturated heterocycles. The van der Waals surface area contributed by atoms with E-state index in [4.69, 9.17) is 4.42 Å². The van der Waals surface area contributed by atoms with Crippen molar-refractivity contribution in [2.75, 3.05) is 18.6 Å². The molecule has 3 aromatic rings.